The van der Waals surface area contributed by atoms with Crippen LogP contribution in [0.2, 0.25) is 0 Å². The molecule has 1 N–H and O–H groups in total. The molecule has 0 aliphatic carbocycles. The maximum atomic E-state index is 10.5. The molecule has 17 heavy (non-hydrogen) atoms. The average Bonchev–Trinajstić information content (AvgIpc) is 2.35. The fourth-order valence-electron chi connectivity index (χ4n) is 0.834. The summed E-state index contributed by atoms with van der Waals surface area (Å²) in [4.78, 5) is 20.9. The summed E-state index contributed by atoms with van der Waals surface area (Å²) < 4.78 is 0.771. The highest BCUT2D eigenvalue weighted by atomic mass is 16.5. The largest absolute Gasteiger partial charge is 0.618 e. The van der Waals surface area contributed by atoms with Crippen LogP contribution in [0.5, 0.6) is 0 Å². The molecule has 0 saturated heterocycles. The number of nitrogens with zero attached hydrogens (tertiary/aromatic N) is 4. The summed E-state index contributed by atoms with van der Waals surface area (Å²) in [5.41, 5.74) is 0.588. The normalized spacial score (nSPS) is 9.00. The van der Waals surface area contributed by atoms with Crippen molar-refractivity contribution in [3.05, 3.63) is 53.8 Å². The first-order chi connectivity index (χ1) is 8.11. The van der Waals surface area contributed by atoms with Gasteiger partial charge in [0.2, 0.25) is 5.69 Å². The third-order valence-electron chi connectivity index (χ3n) is 1.68. The Hall–Kier alpha value is -2.57. The van der Waals surface area contributed by atoms with E-state index in [-0.39, 0.29) is 5.69 Å². The van der Waals surface area contributed by atoms with Crippen LogP contribution in [-0.4, -0.2) is 26.0 Å². The molecule has 0 unspecified atom stereocenters. The van der Waals surface area contributed by atoms with Crippen molar-refractivity contribution in [3.8, 4) is 0 Å². The second-order valence-corrected chi connectivity index (χ2v) is 2.94. The van der Waals surface area contributed by atoms with Crippen LogP contribution in [0.3, 0.4) is 0 Å². The average molecular weight is 234 g/mol. The van der Waals surface area contributed by atoms with Crippen LogP contribution in [0, 0.1) is 12.1 Å². The molecule has 2 aromatic heterocycles. The van der Waals surface area contributed by atoms with Crippen molar-refractivity contribution in [2.75, 3.05) is 0 Å². The molecule has 2 aromatic rings. The zero-order valence-electron chi connectivity index (χ0n) is 9.02. The Labute approximate surface area is 97.0 Å². The number of aromatic carboxylic acids is 1. The smallest absolute Gasteiger partial charge is 0.356 e. The van der Waals surface area contributed by atoms with Gasteiger partial charge in [-0.25, -0.2) is 9.78 Å². The lowest BCUT2D eigenvalue weighted by molar-refractivity contribution is -0.612. The lowest BCUT2D eigenvalue weighted by Gasteiger charge is -1.94. The highest BCUT2D eigenvalue weighted by Gasteiger charge is 2.00. The van der Waals surface area contributed by atoms with Gasteiger partial charge in [-0.1, -0.05) is 0 Å². The number of hydrogen-bond acceptors (Lipinski definition) is 5. The summed E-state index contributed by atoms with van der Waals surface area (Å²) in [5.74, 6) is -1.05. The van der Waals surface area contributed by atoms with Gasteiger partial charge in [-0.15, -0.1) is 0 Å². The number of carboxylic acids is 1. The topological polar surface area (TPSA) is 103 Å². The maximum Gasteiger partial charge on any atom is 0.356 e. The van der Waals surface area contributed by atoms with Crippen LogP contribution in [-0.2, 0) is 0 Å². The van der Waals surface area contributed by atoms with Crippen LogP contribution >= 0.6 is 0 Å². The van der Waals surface area contributed by atoms with Crippen molar-refractivity contribution in [1.29, 1.82) is 0 Å². The highest BCUT2D eigenvalue weighted by molar-refractivity contribution is 5.84. The van der Waals surface area contributed by atoms with E-state index in [0.717, 1.165) is 4.73 Å². The number of carbonyl (C=O) groups is 1. The Morgan fingerprint density at radius 2 is 2.00 bits per heavy atom. The molecule has 0 aliphatic rings. The number of aryl methyl sites for hydroxylation is 1. The monoisotopic (exact) mass is 234 g/mol. The van der Waals surface area contributed by atoms with Gasteiger partial charge in [0.1, 0.15) is 0 Å². The van der Waals surface area contributed by atoms with Gasteiger partial charge in [-0.05, 0) is 0 Å². The fraction of sp³-hybridized carbons (Fsp3) is 0.100. The van der Waals surface area contributed by atoms with E-state index in [9.17, 15) is 10.0 Å². The van der Waals surface area contributed by atoms with Gasteiger partial charge < -0.3 is 10.3 Å². The lowest BCUT2D eigenvalue weighted by Crippen LogP contribution is -2.28. The molecular weight excluding hydrogens is 224 g/mol. The van der Waals surface area contributed by atoms with Crippen molar-refractivity contribution < 1.29 is 14.6 Å². The van der Waals surface area contributed by atoms with E-state index in [1.54, 1.807) is 6.92 Å². The van der Waals surface area contributed by atoms with Gasteiger partial charge in [0.15, 0.2) is 11.9 Å². The Morgan fingerprint density at radius 1 is 1.29 bits per heavy atom. The van der Waals surface area contributed by atoms with Crippen LogP contribution in [0.1, 0.15) is 16.2 Å². The number of hydrogen-bond donors (Lipinski definition) is 1. The second-order valence-electron chi connectivity index (χ2n) is 2.94. The minimum atomic E-state index is -1.05. The molecule has 0 spiro atoms. The van der Waals surface area contributed by atoms with E-state index in [1.807, 2.05) is 0 Å². The number of carboxylic acid groups (broad SMARTS) is 1. The van der Waals surface area contributed by atoms with Crippen molar-refractivity contribution in [2.45, 2.75) is 6.92 Å². The molecule has 0 radical (unpaired) electrons. The molecule has 7 heteroatoms. The van der Waals surface area contributed by atoms with Crippen molar-refractivity contribution in [2.24, 2.45) is 0 Å². The van der Waals surface area contributed by atoms with Gasteiger partial charge in [0, 0.05) is 19.3 Å². The SMILES string of the molecule is Cc1cncc[n+]1[O-].O=C(O)c1cnccn1. The standard InChI is InChI=1S/C5H4N2O2.C5H6N2O/c8-5(9)4-3-6-1-2-7-4;1-5-4-6-2-3-7(5)8/h1-3H,(H,8,9);2-4H,1H3. The molecule has 0 aromatic carbocycles. The summed E-state index contributed by atoms with van der Waals surface area (Å²) in [5, 5.41) is 18.8. The van der Waals surface area contributed by atoms with Crippen molar-refractivity contribution in [1.82, 2.24) is 15.0 Å². The van der Waals surface area contributed by atoms with E-state index in [0.29, 0.717) is 5.69 Å². The molecule has 88 valence electrons. The molecule has 2 rings (SSSR count). The van der Waals surface area contributed by atoms with Crippen LogP contribution < -0.4 is 4.73 Å². The minimum Gasteiger partial charge on any atom is -0.618 e. The van der Waals surface area contributed by atoms with Gasteiger partial charge in [-0.2, -0.15) is 4.73 Å². The predicted octanol–water partition coefficient (Wildman–Crippen LogP) is 0.198. The van der Waals surface area contributed by atoms with Gasteiger partial charge in [0.25, 0.3) is 0 Å². The first-order valence-electron chi connectivity index (χ1n) is 4.60. The quantitative estimate of drug-likeness (QED) is 0.558. The molecule has 0 saturated carbocycles. The lowest BCUT2D eigenvalue weighted by atomic mass is 10.5. The van der Waals surface area contributed by atoms with Gasteiger partial charge in [0.05, 0.1) is 18.6 Å². The molecule has 0 atom stereocenters. The second kappa shape index (κ2) is 6.11. The summed E-state index contributed by atoms with van der Waals surface area (Å²) in [6.07, 6.45) is 8.31. The number of aromatic nitrogens is 4. The summed E-state index contributed by atoms with van der Waals surface area (Å²) in [7, 11) is 0. The van der Waals surface area contributed by atoms with E-state index in [4.69, 9.17) is 5.11 Å². The maximum absolute atomic E-state index is 10.5. The Kier molecular flexibility index (Phi) is 4.49. The van der Waals surface area contributed by atoms with Gasteiger partial charge in [-0.3, -0.25) is 9.97 Å². The van der Waals surface area contributed by atoms with Crippen LogP contribution in [0.15, 0.2) is 37.2 Å². The third kappa shape index (κ3) is 4.20. The molecule has 0 bridgehead atoms. The molecule has 0 aliphatic heterocycles. The molecule has 2 heterocycles. The first kappa shape index (κ1) is 12.5. The Balaban J connectivity index is 0.000000171. The molecular formula is C10H10N4O3. The summed E-state index contributed by atoms with van der Waals surface area (Å²) in [6.45, 7) is 1.71. The van der Waals surface area contributed by atoms with Gasteiger partial charge >= 0.3 is 5.97 Å². The van der Waals surface area contributed by atoms with E-state index < -0.39 is 5.97 Å². The Bertz CT molecular complexity index is 469. The fourth-order valence-corrected chi connectivity index (χ4v) is 0.834. The number of rotatable bonds is 1. The first-order valence-corrected chi connectivity index (χ1v) is 4.60. The third-order valence-corrected chi connectivity index (χ3v) is 1.68. The predicted molar refractivity (Wildman–Crippen MR) is 56.9 cm³/mol. The van der Waals surface area contributed by atoms with Crippen molar-refractivity contribution in [3.63, 3.8) is 0 Å². The van der Waals surface area contributed by atoms with Crippen LogP contribution in [0.4, 0.5) is 0 Å². The van der Waals surface area contributed by atoms with E-state index in [2.05, 4.69) is 15.0 Å². The zero-order valence-corrected chi connectivity index (χ0v) is 9.02. The minimum absolute atomic E-state index is 0.0301. The van der Waals surface area contributed by atoms with E-state index in [1.165, 1.54) is 37.2 Å². The highest BCUT2D eigenvalue weighted by Crippen LogP contribution is 1.86. The molecule has 0 amide bonds. The van der Waals surface area contributed by atoms with Crippen molar-refractivity contribution >= 4 is 5.97 Å². The zero-order chi connectivity index (χ0) is 12.7. The summed E-state index contributed by atoms with van der Waals surface area (Å²) >= 11 is 0. The Morgan fingerprint density at radius 3 is 2.35 bits per heavy atom. The molecule has 7 nitrogen and oxygen atoms in total. The summed E-state index contributed by atoms with van der Waals surface area (Å²) in [6, 6.07) is 0. The van der Waals surface area contributed by atoms with Crippen LogP contribution in [0.25, 0.3) is 0 Å². The van der Waals surface area contributed by atoms with E-state index >= 15 is 0 Å². The molecule has 0 fully saturated rings.